The fourth-order valence-corrected chi connectivity index (χ4v) is 5.21. The van der Waals surface area contributed by atoms with Gasteiger partial charge in [0.15, 0.2) is 12.1 Å². The predicted molar refractivity (Wildman–Crippen MR) is 125 cm³/mol. The van der Waals surface area contributed by atoms with Gasteiger partial charge in [0, 0.05) is 43.2 Å². The van der Waals surface area contributed by atoms with Crippen molar-refractivity contribution >= 4 is 23.3 Å². The van der Waals surface area contributed by atoms with E-state index < -0.39 is 11.7 Å². The zero-order valence-corrected chi connectivity index (χ0v) is 19.1. The Kier molecular flexibility index (Phi) is 7.27. The molecular formula is C26H30ClFN2O2. The Morgan fingerprint density at radius 1 is 0.969 bits per heavy atom. The average Bonchev–Trinajstić information content (AvgIpc) is 3.37. The summed E-state index contributed by atoms with van der Waals surface area (Å²) in [6.07, 6.45) is 2.32. The Hall–Kier alpha value is -2.24. The molecule has 2 aromatic rings. The van der Waals surface area contributed by atoms with Crippen LogP contribution in [0.1, 0.15) is 54.4 Å². The number of rotatable bonds is 7. The minimum Gasteiger partial charge on any atom is -0.342 e. The lowest BCUT2D eigenvalue weighted by Gasteiger charge is -2.43. The van der Waals surface area contributed by atoms with Gasteiger partial charge in [-0.25, -0.2) is 4.39 Å². The first-order valence-electron chi connectivity index (χ1n) is 11.5. The van der Waals surface area contributed by atoms with E-state index in [1.54, 1.807) is 17.0 Å². The van der Waals surface area contributed by atoms with Crippen LogP contribution >= 0.6 is 11.6 Å². The van der Waals surface area contributed by atoms with Crippen molar-refractivity contribution in [2.75, 3.05) is 26.2 Å². The molecule has 6 heteroatoms. The lowest BCUT2D eigenvalue weighted by molar-refractivity contribution is -0.139. The molecule has 0 aromatic heterocycles. The molecule has 2 aliphatic heterocycles. The number of hydrogen-bond acceptors (Lipinski definition) is 3. The number of ketones is 1. The molecule has 2 fully saturated rings. The number of alkyl halides is 1. The fraction of sp³-hybridized carbons (Fsp3) is 0.462. The van der Waals surface area contributed by atoms with Gasteiger partial charge in [0.05, 0.1) is 5.41 Å². The summed E-state index contributed by atoms with van der Waals surface area (Å²) >= 11 is 6.26. The Bertz CT molecular complexity index is 938. The zero-order valence-electron chi connectivity index (χ0n) is 18.3. The normalized spacial score (nSPS) is 19.6. The number of amides is 1. The van der Waals surface area contributed by atoms with Crippen LogP contribution in [0.15, 0.2) is 54.6 Å². The predicted octanol–water partition coefficient (Wildman–Crippen LogP) is 5.25. The third-order valence-electron chi connectivity index (χ3n) is 6.93. The molecule has 0 spiro atoms. The number of nitrogens with zero attached hydrogens (tertiary/aromatic N) is 2. The molecule has 2 saturated heterocycles. The molecule has 32 heavy (non-hydrogen) atoms. The summed E-state index contributed by atoms with van der Waals surface area (Å²) in [4.78, 5) is 29.7. The molecule has 1 atom stereocenters. The van der Waals surface area contributed by atoms with Gasteiger partial charge in [0.25, 0.3) is 0 Å². The highest BCUT2D eigenvalue weighted by atomic mass is 35.5. The van der Waals surface area contributed by atoms with Gasteiger partial charge in [-0.3, -0.25) is 14.5 Å². The third kappa shape index (κ3) is 4.89. The van der Waals surface area contributed by atoms with Crippen molar-refractivity contribution in [3.05, 3.63) is 70.7 Å². The highest BCUT2D eigenvalue weighted by molar-refractivity contribution is 6.30. The fourth-order valence-electron chi connectivity index (χ4n) is 5.02. The van der Waals surface area contributed by atoms with E-state index in [0.29, 0.717) is 36.5 Å². The second-order valence-electron chi connectivity index (χ2n) is 8.89. The highest BCUT2D eigenvalue weighted by Gasteiger charge is 2.46. The first kappa shape index (κ1) is 22.9. The standard InChI is InChI=1S/C26H30ClFN2O2/c27-22-10-6-9-21(19-22)26(25(32)30-15-4-5-16-30)13-17-29(18-14-26)24(28)12-11-23(31)20-7-2-1-3-8-20/h1-3,6-10,19,24H,4-5,11-18H2. The van der Waals surface area contributed by atoms with Crippen LogP contribution in [0.5, 0.6) is 0 Å². The lowest BCUT2D eigenvalue weighted by Crippen LogP contribution is -2.53. The minimum absolute atomic E-state index is 0.0391. The number of hydrogen-bond donors (Lipinski definition) is 0. The molecule has 1 unspecified atom stereocenters. The molecule has 0 bridgehead atoms. The summed E-state index contributed by atoms with van der Waals surface area (Å²) in [6, 6.07) is 16.6. The van der Waals surface area contributed by atoms with Crippen LogP contribution in [0, 0.1) is 0 Å². The van der Waals surface area contributed by atoms with Crippen molar-refractivity contribution in [1.29, 1.82) is 0 Å². The zero-order chi connectivity index (χ0) is 22.6. The van der Waals surface area contributed by atoms with E-state index in [4.69, 9.17) is 11.6 Å². The molecule has 2 aromatic carbocycles. The molecule has 0 saturated carbocycles. The number of Topliss-reactive ketones (excluding diaryl/α,β-unsaturated/α-hetero) is 1. The summed E-state index contributed by atoms with van der Waals surface area (Å²) < 4.78 is 15.0. The number of likely N-dealkylation sites (tertiary alicyclic amines) is 2. The van der Waals surface area contributed by atoms with Crippen molar-refractivity contribution < 1.29 is 14.0 Å². The van der Waals surface area contributed by atoms with Gasteiger partial charge < -0.3 is 4.90 Å². The Balaban J connectivity index is 1.43. The topological polar surface area (TPSA) is 40.6 Å². The van der Waals surface area contributed by atoms with Crippen LogP contribution in [0.4, 0.5) is 4.39 Å². The maximum Gasteiger partial charge on any atom is 0.233 e. The van der Waals surface area contributed by atoms with Crippen LogP contribution in [0.3, 0.4) is 0 Å². The summed E-state index contributed by atoms with van der Waals surface area (Å²) in [5, 5.41) is 0.612. The van der Waals surface area contributed by atoms with E-state index in [9.17, 15) is 9.59 Å². The number of benzene rings is 2. The van der Waals surface area contributed by atoms with Crippen molar-refractivity contribution in [3.63, 3.8) is 0 Å². The summed E-state index contributed by atoms with van der Waals surface area (Å²) in [6.45, 7) is 2.54. The smallest absolute Gasteiger partial charge is 0.233 e. The Labute approximate surface area is 194 Å². The molecule has 0 N–H and O–H groups in total. The van der Waals surface area contributed by atoms with Gasteiger partial charge in [-0.2, -0.15) is 0 Å². The van der Waals surface area contributed by atoms with Gasteiger partial charge in [-0.15, -0.1) is 0 Å². The first-order valence-corrected chi connectivity index (χ1v) is 11.9. The number of halogens is 2. The van der Waals surface area contributed by atoms with Gasteiger partial charge in [-0.1, -0.05) is 54.1 Å². The van der Waals surface area contributed by atoms with Crippen LogP contribution in [0.2, 0.25) is 5.02 Å². The van der Waals surface area contributed by atoms with Crippen molar-refractivity contribution in [2.24, 2.45) is 0 Å². The lowest BCUT2D eigenvalue weighted by atomic mass is 9.71. The molecular weight excluding hydrogens is 427 g/mol. The van der Waals surface area contributed by atoms with Crippen molar-refractivity contribution in [2.45, 2.75) is 50.2 Å². The molecule has 170 valence electrons. The van der Waals surface area contributed by atoms with Gasteiger partial charge in [-0.05, 0) is 49.8 Å². The van der Waals surface area contributed by atoms with E-state index in [1.807, 2.05) is 47.4 Å². The third-order valence-corrected chi connectivity index (χ3v) is 7.17. The molecule has 4 rings (SSSR count). The monoisotopic (exact) mass is 456 g/mol. The first-order chi connectivity index (χ1) is 15.5. The van der Waals surface area contributed by atoms with Gasteiger partial charge in [0.1, 0.15) is 0 Å². The number of carbonyl (C=O) groups is 2. The average molecular weight is 457 g/mol. The number of carbonyl (C=O) groups excluding carboxylic acids is 2. The van der Waals surface area contributed by atoms with E-state index in [2.05, 4.69) is 0 Å². The maximum atomic E-state index is 15.0. The summed E-state index contributed by atoms with van der Waals surface area (Å²) in [5.41, 5.74) is 0.886. The van der Waals surface area contributed by atoms with Gasteiger partial charge in [0.2, 0.25) is 5.91 Å². The second-order valence-corrected chi connectivity index (χ2v) is 9.33. The van der Waals surface area contributed by atoms with Crippen LogP contribution in [-0.4, -0.2) is 54.0 Å². The van der Waals surface area contributed by atoms with Crippen molar-refractivity contribution in [3.8, 4) is 0 Å². The van der Waals surface area contributed by atoms with E-state index in [0.717, 1.165) is 31.5 Å². The minimum atomic E-state index is -1.19. The highest BCUT2D eigenvalue weighted by Crippen LogP contribution is 2.40. The number of piperidine rings is 1. The van der Waals surface area contributed by atoms with E-state index >= 15 is 4.39 Å². The second kappa shape index (κ2) is 10.1. The van der Waals surface area contributed by atoms with Crippen LogP contribution < -0.4 is 0 Å². The van der Waals surface area contributed by atoms with Crippen molar-refractivity contribution in [1.82, 2.24) is 9.80 Å². The van der Waals surface area contributed by atoms with Crippen LogP contribution in [-0.2, 0) is 10.2 Å². The maximum absolute atomic E-state index is 15.0. The summed E-state index contributed by atoms with van der Waals surface area (Å²) in [5.74, 6) is 0.106. The molecule has 2 heterocycles. The quantitative estimate of drug-likeness (QED) is 0.421. The molecule has 0 aliphatic carbocycles. The summed E-state index contributed by atoms with van der Waals surface area (Å²) in [7, 11) is 0. The van der Waals surface area contributed by atoms with Crippen LogP contribution in [0.25, 0.3) is 0 Å². The molecule has 2 aliphatic rings. The molecule has 1 amide bonds. The SMILES string of the molecule is O=C(CCC(F)N1CCC(C(=O)N2CCCC2)(c2cccc(Cl)c2)CC1)c1ccccc1. The largest absolute Gasteiger partial charge is 0.342 e. The Morgan fingerprint density at radius 3 is 2.31 bits per heavy atom. The van der Waals surface area contributed by atoms with Gasteiger partial charge >= 0.3 is 0 Å². The van der Waals surface area contributed by atoms with E-state index in [1.165, 1.54) is 0 Å². The Morgan fingerprint density at radius 2 is 1.66 bits per heavy atom. The van der Waals surface area contributed by atoms with E-state index in [-0.39, 0.29) is 24.5 Å². The molecule has 4 nitrogen and oxygen atoms in total. The molecule has 0 radical (unpaired) electrons.